The van der Waals surface area contributed by atoms with Gasteiger partial charge in [0, 0.05) is 25.2 Å². The molecule has 1 aromatic rings. The quantitative estimate of drug-likeness (QED) is 0.817. The molecule has 0 aliphatic rings. The molecule has 0 amide bonds. The zero-order valence-electron chi connectivity index (χ0n) is 11.6. The molecule has 1 heterocycles. The van der Waals surface area contributed by atoms with Crippen molar-refractivity contribution in [2.75, 3.05) is 13.1 Å². The van der Waals surface area contributed by atoms with E-state index in [0.29, 0.717) is 6.42 Å². The van der Waals surface area contributed by atoms with Gasteiger partial charge in [0.05, 0.1) is 11.8 Å². The summed E-state index contributed by atoms with van der Waals surface area (Å²) in [5.74, 6) is 0. The van der Waals surface area contributed by atoms with Crippen molar-refractivity contribution >= 4 is 0 Å². The lowest BCUT2D eigenvalue weighted by molar-refractivity contribution is -0.00469. The van der Waals surface area contributed by atoms with Crippen LogP contribution in [-0.4, -0.2) is 44.5 Å². The molecule has 0 spiro atoms. The molecule has 17 heavy (non-hydrogen) atoms. The van der Waals surface area contributed by atoms with Crippen LogP contribution < -0.4 is 0 Å². The van der Waals surface area contributed by atoms with Gasteiger partial charge in [-0.25, -0.2) is 0 Å². The fraction of sp³-hybridized carbons (Fsp3) is 0.769. The van der Waals surface area contributed by atoms with Crippen molar-refractivity contribution in [3.05, 3.63) is 18.0 Å². The van der Waals surface area contributed by atoms with Gasteiger partial charge >= 0.3 is 0 Å². The summed E-state index contributed by atoms with van der Waals surface area (Å²) in [5.41, 5.74) is 0.723. The maximum absolute atomic E-state index is 10.4. The number of hydrogen-bond donors (Lipinski definition) is 1. The second-order valence-electron chi connectivity index (χ2n) is 5.03. The van der Waals surface area contributed by atoms with Crippen molar-refractivity contribution in [1.82, 2.24) is 14.7 Å². The largest absolute Gasteiger partial charge is 0.391 e. The van der Waals surface area contributed by atoms with Gasteiger partial charge in [0.25, 0.3) is 0 Å². The first-order chi connectivity index (χ1) is 7.91. The number of aliphatic hydroxyl groups excluding tert-OH is 1. The molecule has 0 bridgehead atoms. The third kappa shape index (κ3) is 3.30. The van der Waals surface area contributed by atoms with Crippen LogP contribution in [0.2, 0.25) is 0 Å². The number of nitrogens with zero attached hydrogens (tertiary/aromatic N) is 3. The second-order valence-corrected chi connectivity index (χ2v) is 5.03. The van der Waals surface area contributed by atoms with Crippen LogP contribution in [0.15, 0.2) is 12.3 Å². The maximum atomic E-state index is 10.4. The molecule has 0 saturated carbocycles. The number of aryl methyl sites for hydroxylation is 1. The van der Waals surface area contributed by atoms with Crippen molar-refractivity contribution in [2.45, 2.75) is 45.8 Å². The predicted octanol–water partition coefficient (Wildman–Crippen LogP) is 1.44. The lowest BCUT2D eigenvalue weighted by Gasteiger charge is -2.40. The molecule has 0 fully saturated rings. The first kappa shape index (κ1) is 14.2. The SMILES string of the molecule is CCN(CC)C(C)(C)C(O)Cc1ccn(C)n1. The summed E-state index contributed by atoms with van der Waals surface area (Å²) >= 11 is 0. The Balaban J connectivity index is 2.71. The molecule has 0 radical (unpaired) electrons. The highest BCUT2D eigenvalue weighted by Crippen LogP contribution is 2.21. The topological polar surface area (TPSA) is 41.3 Å². The molecule has 1 rings (SSSR count). The van der Waals surface area contributed by atoms with Crippen molar-refractivity contribution in [3.63, 3.8) is 0 Å². The molecular formula is C13H25N3O. The van der Waals surface area contributed by atoms with Crippen LogP contribution in [0.25, 0.3) is 0 Å². The summed E-state index contributed by atoms with van der Waals surface area (Å²) in [5, 5.41) is 14.7. The van der Waals surface area contributed by atoms with Crippen molar-refractivity contribution in [1.29, 1.82) is 0 Å². The van der Waals surface area contributed by atoms with E-state index >= 15 is 0 Å². The zero-order valence-corrected chi connectivity index (χ0v) is 11.6. The van der Waals surface area contributed by atoms with E-state index < -0.39 is 6.10 Å². The number of aromatic nitrogens is 2. The van der Waals surface area contributed by atoms with Gasteiger partial charge in [0.1, 0.15) is 0 Å². The van der Waals surface area contributed by atoms with Crippen molar-refractivity contribution in [3.8, 4) is 0 Å². The lowest BCUT2D eigenvalue weighted by atomic mass is 9.91. The molecule has 98 valence electrons. The van der Waals surface area contributed by atoms with Gasteiger partial charge < -0.3 is 5.11 Å². The van der Waals surface area contributed by atoms with Crippen molar-refractivity contribution in [2.24, 2.45) is 7.05 Å². The summed E-state index contributed by atoms with van der Waals surface area (Å²) in [7, 11) is 1.89. The maximum Gasteiger partial charge on any atom is 0.0774 e. The monoisotopic (exact) mass is 239 g/mol. The normalized spacial score (nSPS) is 14.3. The van der Waals surface area contributed by atoms with Gasteiger partial charge in [0.15, 0.2) is 0 Å². The standard InChI is InChI=1S/C13H25N3O/c1-6-16(7-2)13(3,4)12(17)10-11-8-9-15(5)14-11/h8-9,12,17H,6-7,10H2,1-5H3. The molecule has 4 nitrogen and oxygen atoms in total. The van der Waals surface area contributed by atoms with Gasteiger partial charge in [-0.05, 0) is 33.0 Å². The molecule has 0 aromatic carbocycles. The minimum Gasteiger partial charge on any atom is -0.391 e. The molecule has 1 atom stereocenters. The molecule has 4 heteroatoms. The highest BCUT2D eigenvalue weighted by molar-refractivity contribution is 5.03. The Hall–Kier alpha value is -0.870. The Morgan fingerprint density at radius 2 is 2.00 bits per heavy atom. The van der Waals surface area contributed by atoms with Crippen LogP contribution in [0.5, 0.6) is 0 Å². The molecular weight excluding hydrogens is 214 g/mol. The predicted molar refractivity (Wildman–Crippen MR) is 69.9 cm³/mol. The second kappa shape index (κ2) is 5.65. The van der Waals surface area contributed by atoms with E-state index in [0.717, 1.165) is 18.8 Å². The Labute approximate surface area is 104 Å². The van der Waals surface area contributed by atoms with E-state index in [1.807, 2.05) is 19.3 Å². The van der Waals surface area contributed by atoms with Crippen LogP contribution in [0.1, 0.15) is 33.4 Å². The summed E-state index contributed by atoms with van der Waals surface area (Å²) in [6.07, 6.45) is 2.11. The number of aliphatic hydroxyl groups is 1. The molecule has 0 aliphatic carbocycles. The van der Waals surface area contributed by atoms with Gasteiger partial charge in [0.2, 0.25) is 0 Å². The van der Waals surface area contributed by atoms with Crippen LogP contribution in [0.4, 0.5) is 0 Å². The van der Waals surface area contributed by atoms with Gasteiger partial charge in [-0.3, -0.25) is 9.58 Å². The summed E-state index contributed by atoms with van der Waals surface area (Å²) in [6.45, 7) is 10.3. The van der Waals surface area contributed by atoms with Gasteiger partial charge in [-0.15, -0.1) is 0 Å². The van der Waals surface area contributed by atoms with Crippen LogP contribution >= 0.6 is 0 Å². The molecule has 1 N–H and O–H groups in total. The van der Waals surface area contributed by atoms with Gasteiger partial charge in [-0.2, -0.15) is 5.10 Å². The van der Waals surface area contributed by atoms with Crippen LogP contribution in [0.3, 0.4) is 0 Å². The highest BCUT2D eigenvalue weighted by atomic mass is 16.3. The minimum atomic E-state index is -0.405. The van der Waals surface area contributed by atoms with E-state index in [1.54, 1.807) is 4.68 Å². The first-order valence-corrected chi connectivity index (χ1v) is 6.33. The van der Waals surface area contributed by atoms with Crippen LogP contribution in [0, 0.1) is 0 Å². The van der Waals surface area contributed by atoms with Crippen LogP contribution in [-0.2, 0) is 13.5 Å². The van der Waals surface area contributed by atoms with E-state index in [2.05, 4.69) is 37.7 Å². The average molecular weight is 239 g/mol. The third-order valence-corrected chi connectivity index (χ3v) is 3.57. The molecule has 0 aliphatic heterocycles. The van der Waals surface area contributed by atoms with Crippen molar-refractivity contribution < 1.29 is 5.11 Å². The van der Waals surface area contributed by atoms with E-state index in [1.165, 1.54) is 0 Å². The molecule has 0 saturated heterocycles. The highest BCUT2D eigenvalue weighted by Gasteiger charge is 2.32. The Kier molecular flexibility index (Phi) is 4.71. The lowest BCUT2D eigenvalue weighted by Crippen LogP contribution is -2.53. The minimum absolute atomic E-state index is 0.221. The van der Waals surface area contributed by atoms with E-state index in [9.17, 15) is 5.11 Å². The van der Waals surface area contributed by atoms with Gasteiger partial charge in [-0.1, -0.05) is 13.8 Å². The number of rotatable bonds is 6. The van der Waals surface area contributed by atoms with E-state index in [4.69, 9.17) is 0 Å². The molecule has 1 aromatic heterocycles. The first-order valence-electron chi connectivity index (χ1n) is 6.33. The fourth-order valence-electron chi connectivity index (χ4n) is 2.27. The number of hydrogen-bond acceptors (Lipinski definition) is 3. The zero-order chi connectivity index (χ0) is 13.1. The Bertz CT molecular complexity index is 342. The Morgan fingerprint density at radius 3 is 2.41 bits per heavy atom. The summed E-state index contributed by atoms with van der Waals surface area (Å²) in [4.78, 5) is 2.28. The average Bonchev–Trinajstić information content (AvgIpc) is 2.65. The summed E-state index contributed by atoms with van der Waals surface area (Å²) in [6, 6.07) is 1.96. The van der Waals surface area contributed by atoms with E-state index in [-0.39, 0.29) is 5.54 Å². The fourth-order valence-corrected chi connectivity index (χ4v) is 2.27. The third-order valence-electron chi connectivity index (χ3n) is 3.57. The summed E-state index contributed by atoms with van der Waals surface area (Å²) < 4.78 is 1.77. The molecule has 1 unspecified atom stereocenters. The number of likely N-dealkylation sites (N-methyl/N-ethyl adjacent to an activating group) is 1. The smallest absolute Gasteiger partial charge is 0.0774 e. The Morgan fingerprint density at radius 1 is 1.41 bits per heavy atom.